The molecule has 1 fully saturated rings. The Balaban J connectivity index is 2.07. The Hall–Kier alpha value is -0.610. The van der Waals surface area contributed by atoms with Crippen LogP contribution in [0.5, 0.6) is 0 Å². The van der Waals surface area contributed by atoms with Crippen LogP contribution in [0.1, 0.15) is 33.1 Å². The van der Waals surface area contributed by atoms with Crippen LogP contribution in [0.25, 0.3) is 0 Å². The van der Waals surface area contributed by atoms with Crippen LogP contribution < -0.4 is 5.32 Å². The zero-order valence-corrected chi connectivity index (χ0v) is 11.2. The summed E-state index contributed by atoms with van der Waals surface area (Å²) >= 11 is 0. The second kappa shape index (κ2) is 8.48. The summed E-state index contributed by atoms with van der Waals surface area (Å²) in [7, 11) is 0. The summed E-state index contributed by atoms with van der Waals surface area (Å²) < 4.78 is 5.43. The second-order valence-corrected chi connectivity index (χ2v) is 5.07. The van der Waals surface area contributed by atoms with Gasteiger partial charge >= 0.3 is 0 Å². The van der Waals surface area contributed by atoms with Crippen LogP contribution in [0.3, 0.4) is 0 Å². The topological polar surface area (TPSA) is 41.6 Å². The minimum Gasteiger partial charge on any atom is -0.372 e. The van der Waals surface area contributed by atoms with Crippen molar-refractivity contribution in [2.75, 3.05) is 39.4 Å². The normalized spacial score (nSPS) is 17.2. The van der Waals surface area contributed by atoms with Crippen molar-refractivity contribution in [3.8, 4) is 0 Å². The van der Waals surface area contributed by atoms with Crippen LogP contribution >= 0.6 is 0 Å². The van der Waals surface area contributed by atoms with Crippen molar-refractivity contribution >= 4 is 5.91 Å². The van der Waals surface area contributed by atoms with Crippen LogP contribution in [0.2, 0.25) is 0 Å². The highest BCUT2D eigenvalue weighted by Crippen LogP contribution is 2.03. The molecule has 1 heterocycles. The number of ether oxygens (including phenoxy) is 1. The standard InChI is InChI=1S/C13H26N2O2/c1-12(2)5-3-10-17-11-13(16)15-8-4-6-14-7-9-15/h12,14H,3-11H2,1-2H3. The predicted molar refractivity (Wildman–Crippen MR) is 69.0 cm³/mol. The van der Waals surface area contributed by atoms with Gasteiger partial charge in [0, 0.05) is 26.2 Å². The van der Waals surface area contributed by atoms with E-state index < -0.39 is 0 Å². The average molecular weight is 242 g/mol. The molecule has 0 aromatic rings. The Bertz CT molecular complexity index is 211. The van der Waals surface area contributed by atoms with E-state index in [4.69, 9.17) is 4.74 Å². The van der Waals surface area contributed by atoms with Gasteiger partial charge in [-0.3, -0.25) is 4.79 Å². The molecule has 0 aromatic heterocycles. The molecule has 4 nitrogen and oxygen atoms in total. The molecule has 0 spiro atoms. The lowest BCUT2D eigenvalue weighted by Crippen LogP contribution is -2.36. The number of hydrogen-bond donors (Lipinski definition) is 1. The Morgan fingerprint density at radius 3 is 2.94 bits per heavy atom. The largest absolute Gasteiger partial charge is 0.372 e. The molecule has 1 saturated heterocycles. The molecule has 0 bridgehead atoms. The smallest absolute Gasteiger partial charge is 0.248 e. The van der Waals surface area contributed by atoms with Gasteiger partial charge in [-0.25, -0.2) is 0 Å². The first-order chi connectivity index (χ1) is 8.20. The third kappa shape index (κ3) is 6.64. The van der Waals surface area contributed by atoms with Crippen molar-refractivity contribution in [2.45, 2.75) is 33.1 Å². The summed E-state index contributed by atoms with van der Waals surface area (Å²) in [5.41, 5.74) is 0. The summed E-state index contributed by atoms with van der Waals surface area (Å²) in [4.78, 5) is 13.7. The van der Waals surface area contributed by atoms with E-state index in [2.05, 4.69) is 19.2 Å². The number of rotatable bonds is 6. The van der Waals surface area contributed by atoms with E-state index in [0.29, 0.717) is 12.5 Å². The maximum absolute atomic E-state index is 11.8. The van der Waals surface area contributed by atoms with Crippen molar-refractivity contribution in [3.63, 3.8) is 0 Å². The fraction of sp³-hybridized carbons (Fsp3) is 0.923. The molecule has 0 aromatic carbocycles. The van der Waals surface area contributed by atoms with Gasteiger partial charge in [-0.05, 0) is 31.7 Å². The van der Waals surface area contributed by atoms with Crippen molar-refractivity contribution in [1.82, 2.24) is 10.2 Å². The van der Waals surface area contributed by atoms with E-state index in [1.807, 2.05) is 4.90 Å². The number of carbonyl (C=O) groups is 1. The Morgan fingerprint density at radius 2 is 2.18 bits per heavy atom. The minimum atomic E-state index is 0.137. The summed E-state index contributed by atoms with van der Waals surface area (Å²) in [5.74, 6) is 0.851. The van der Waals surface area contributed by atoms with Gasteiger partial charge in [-0.15, -0.1) is 0 Å². The summed E-state index contributed by atoms with van der Waals surface area (Å²) in [5, 5.41) is 3.29. The average Bonchev–Trinajstić information content (AvgIpc) is 2.56. The molecule has 17 heavy (non-hydrogen) atoms. The summed E-state index contributed by atoms with van der Waals surface area (Å²) in [6.07, 6.45) is 3.26. The molecule has 1 rings (SSSR count). The van der Waals surface area contributed by atoms with Crippen LogP contribution in [0, 0.1) is 5.92 Å². The van der Waals surface area contributed by atoms with Crippen molar-refractivity contribution in [2.24, 2.45) is 5.92 Å². The van der Waals surface area contributed by atoms with E-state index in [1.165, 1.54) is 6.42 Å². The molecule has 4 heteroatoms. The first kappa shape index (κ1) is 14.5. The van der Waals surface area contributed by atoms with E-state index in [0.717, 1.165) is 39.0 Å². The molecule has 0 radical (unpaired) electrons. The van der Waals surface area contributed by atoms with E-state index >= 15 is 0 Å². The molecule has 0 unspecified atom stereocenters. The minimum absolute atomic E-state index is 0.137. The van der Waals surface area contributed by atoms with E-state index in [9.17, 15) is 4.79 Å². The lowest BCUT2D eigenvalue weighted by molar-refractivity contribution is -0.136. The van der Waals surface area contributed by atoms with Crippen LogP contribution in [-0.4, -0.2) is 50.2 Å². The molecule has 1 amide bonds. The van der Waals surface area contributed by atoms with Gasteiger partial charge in [0.25, 0.3) is 0 Å². The molecule has 1 aliphatic heterocycles. The van der Waals surface area contributed by atoms with Crippen molar-refractivity contribution in [3.05, 3.63) is 0 Å². The lowest BCUT2D eigenvalue weighted by Gasteiger charge is -2.19. The van der Waals surface area contributed by atoms with Crippen LogP contribution in [0.15, 0.2) is 0 Å². The predicted octanol–water partition coefficient (Wildman–Crippen LogP) is 1.26. The SMILES string of the molecule is CC(C)CCCOCC(=O)N1CCCNCC1. The first-order valence-electron chi connectivity index (χ1n) is 6.76. The fourth-order valence-electron chi connectivity index (χ4n) is 1.94. The van der Waals surface area contributed by atoms with Gasteiger partial charge in [0.2, 0.25) is 5.91 Å². The molecular formula is C13H26N2O2. The number of nitrogens with one attached hydrogen (secondary N) is 1. The van der Waals surface area contributed by atoms with Gasteiger partial charge in [-0.1, -0.05) is 13.8 Å². The summed E-state index contributed by atoms with van der Waals surface area (Å²) in [6.45, 7) is 8.95. The molecule has 100 valence electrons. The maximum atomic E-state index is 11.8. The fourth-order valence-corrected chi connectivity index (χ4v) is 1.94. The Labute approximate surface area is 105 Å². The number of hydrogen-bond acceptors (Lipinski definition) is 3. The van der Waals surface area contributed by atoms with E-state index in [1.54, 1.807) is 0 Å². The lowest BCUT2D eigenvalue weighted by atomic mass is 10.1. The van der Waals surface area contributed by atoms with E-state index in [-0.39, 0.29) is 12.5 Å². The highest BCUT2D eigenvalue weighted by molar-refractivity contribution is 5.77. The van der Waals surface area contributed by atoms with Gasteiger partial charge in [0.1, 0.15) is 6.61 Å². The molecule has 0 saturated carbocycles. The maximum Gasteiger partial charge on any atom is 0.248 e. The first-order valence-corrected chi connectivity index (χ1v) is 6.76. The van der Waals surface area contributed by atoms with Gasteiger partial charge in [0.15, 0.2) is 0 Å². The van der Waals surface area contributed by atoms with Gasteiger partial charge in [0.05, 0.1) is 0 Å². The Morgan fingerprint density at radius 1 is 1.35 bits per heavy atom. The van der Waals surface area contributed by atoms with Gasteiger partial charge < -0.3 is 15.0 Å². The Kier molecular flexibility index (Phi) is 7.21. The van der Waals surface area contributed by atoms with Crippen molar-refractivity contribution < 1.29 is 9.53 Å². The quantitative estimate of drug-likeness (QED) is 0.713. The number of amides is 1. The number of carbonyl (C=O) groups excluding carboxylic acids is 1. The summed E-state index contributed by atoms with van der Waals surface area (Å²) in [6, 6.07) is 0. The molecular weight excluding hydrogens is 216 g/mol. The molecule has 0 aliphatic carbocycles. The third-order valence-corrected chi connectivity index (χ3v) is 2.99. The van der Waals surface area contributed by atoms with Crippen LogP contribution in [-0.2, 0) is 9.53 Å². The molecule has 0 atom stereocenters. The number of nitrogens with zero attached hydrogens (tertiary/aromatic N) is 1. The monoisotopic (exact) mass is 242 g/mol. The molecule has 1 N–H and O–H groups in total. The van der Waals surface area contributed by atoms with Gasteiger partial charge in [-0.2, -0.15) is 0 Å². The zero-order chi connectivity index (χ0) is 12.5. The van der Waals surface area contributed by atoms with Crippen molar-refractivity contribution in [1.29, 1.82) is 0 Å². The highest BCUT2D eigenvalue weighted by atomic mass is 16.5. The third-order valence-electron chi connectivity index (χ3n) is 2.99. The highest BCUT2D eigenvalue weighted by Gasteiger charge is 2.14. The molecule has 1 aliphatic rings. The zero-order valence-electron chi connectivity index (χ0n) is 11.2. The van der Waals surface area contributed by atoms with Crippen LogP contribution in [0.4, 0.5) is 0 Å². The second-order valence-electron chi connectivity index (χ2n) is 5.07.